The minimum atomic E-state index is -0.813. The number of unbranched alkanes of at least 4 members (excludes halogenated alkanes) is 17. The second-order valence-electron chi connectivity index (χ2n) is 17.7. The topological polar surface area (TPSA) is 78.9 Å². The highest BCUT2D eigenvalue weighted by Crippen LogP contribution is 2.12. The van der Waals surface area contributed by atoms with Gasteiger partial charge in [-0.25, -0.2) is 0 Å². The second-order valence-corrected chi connectivity index (χ2v) is 17.7. The Bertz CT molecular complexity index is 1450. The summed E-state index contributed by atoms with van der Waals surface area (Å²) in [6.07, 6.45) is 76.0. The predicted molar refractivity (Wildman–Crippen MR) is 293 cm³/mol. The van der Waals surface area contributed by atoms with Gasteiger partial charge in [-0.1, -0.05) is 206 Å². The molecule has 384 valence electrons. The van der Waals surface area contributed by atoms with Crippen molar-refractivity contribution in [3.8, 4) is 0 Å². The zero-order valence-corrected chi connectivity index (χ0v) is 43.8. The zero-order valence-electron chi connectivity index (χ0n) is 43.8. The standard InChI is InChI=1S/C62H100O6/c1-4-7-10-13-16-19-22-25-28-30-31-33-34-37-40-43-46-49-52-55-61(64)67-58-59(57-66-60(63)54-51-48-45-42-39-36-27-24-21-18-15-12-9-6-3)68-62(65)56-53-50-47-44-41-38-35-32-29-26-23-20-17-14-11-8-5-2/h7,10,15-20,24-29,31,33,35,37-38,40,59H,4-6,8-9,11-14,21-23,30,32,34,36,39,41-58H2,1-3H3/b10-7+,18-15+,19-16+,20-17+,27-24+,28-25+,29-26+,33-31+,38-35+,40-37+/t59-/m1/s1. The molecule has 0 aliphatic heterocycles. The molecule has 0 aliphatic rings. The van der Waals surface area contributed by atoms with Crippen LogP contribution in [0.4, 0.5) is 0 Å². The molecule has 0 fully saturated rings. The van der Waals surface area contributed by atoms with Crippen LogP contribution in [0.5, 0.6) is 0 Å². The van der Waals surface area contributed by atoms with Gasteiger partial charge in [-0.2, -0.15) is 0 Å². The van der Waals surface area contributed by atoms with Crippen LogP contribution < -0.4 is 0 Å². The van der Waals surface area contributed by atoms with Gasteiger partial charge >= 0.3 is 17.9 Å². The molecule has 0 aromatic carbocycles. The Labute approximate surface area is 418 Å². The van der Waals surface area contributed by atoms with Gasteiger partial charge in [0.2, 0.25) is 0 Å². The SMILES string of the molecule is CC/C=C/C/C=C/C/C=C/C/C=C/C/C=C/CCCCCC(=O)OC[C@@H](COC(=O)CCCCCCC/C=C/C/C=C/CCCC)OC(=O)CCCCCC/C=C/C/C=C/C/C=C/CCCCC. The number of rotatable bonds is 48. The summed E-state index contributed by atoms with van der Waals surface area (Å²) in [6.45, 7) is 6.39. The van der Waals surface area contributed by atoms with Crippen LogP contribution in [0.15, 0.2) is 122 Å². The summed E-state index contributed by atoms with van der Waals surface area (Å²) >= 11 is 0. The molecular weight excluding hydrogens is 841 g/mol. The van der Waals surface area contributed by atoms with Crippen LogP contribution in [-0.2, 0) is 28.6 Å². The van der Waals surface area contributed by atoms with Gasteiger partial charge in [0.25, 0.3) is 0 Å². The smallest absolute Gasteiger partial charge is 0.306 e. The van der Waals surface area contributed by atoms with Crippen LogP contribution in [0.1, 0.15) is 233 Å². The van der Waals surface area contributed by atoms with Crippen molar-refractivity contribution in [2.45, 2.75) is 239 Å². The first-order chi connectivity index (χ1) is 33.5. The highest BCUT2D eigenvalue weighted by molar-refractivity contribution is 5.71. The Morgan fingerprint density at radius 1 is 0.309 bits per heavy atom. The third-order valence-corrected chi connectivity index (χ3v) is 11.2. The van der Waals surface area contributed by atoms with Crippen LogP contribution in [0.2, 0.25) is 0 Å². The maximum Gasteiger partial charge on any atom is 0.306 e. The van der Waals surface area contributed by atoms with E-state index in [0.29, 0.717) is 12.8 Å². The molecule has 68 heavy (non-hydrogen) atoms. The Morgan fingerprint density at radius 3 is 0.956 bits per heavy atom. The van der Waals surface area contributed by atoms with Crippen molar-refractivity contribution in [3.05, 3.63) is 122 Å². The van der Waals surface area contributed by atoms with Crippen LogP contribution in [0, 0.1) is 0 Å². The maximum atomic E-state index is 12.8. The lowest BCUT2D eigenvalue weighted by atomic mass is 10.1. The molecule has 0 N–H and O–H groups in total. The predicted octanol–water partition coefficient (Wildman–Crippen LogP) is 18.5. The van der Waals surface area contributed by atoms with E-state index in [1.54, 1.807) is 0 Å². The molecule has 0 spiro atoms. The van der Waals surface area contributed by atoms with Crippen LogP contribution in [-0.4, -0.2) is 37.2 Å². The first-order valence-corrected chi connectivity index (χ1v) is 27.5. The van der Waals surface area contributed by atoms with Gasteiger partial charge in [0.15, 0.2) is 6.10 Å². The minimum absolute atomic E-state index is 0.109. The number of esters is 3. The molecule has 0 unspecified atom stereocenters. The molecule has 0 heterocycles. The number of hydrogen-bond acceptors (Lipinski definition) is 6. The first kappa shape index (κ1) is 63.8. The highest BCUT2D eigenvalue weighted by atomic mass is 16.6. The van der Waals surface area contributed by atoms with Gasteiger partial charge in [0.1, 0.15) is 13.2 Å². The fourth-order valence-electron chi connectivity index (χ4n) is 7.02. The summed E-state index contributed by atoms with van der Waals surface area (Å²) < 4.78 is 16.8. The Kier molecular flexibility index (Phi) is 52.0. The van der Waals surface area contributed by atoms with Gasteiger partial charge in [0.05, 0.1) is 0 Å². The number of ether oxygens (including phenoxy) is 3. The van der Waals surface area contributed by atoms with Gasteiger partial charge in [-0.3, -0.25) is 14.4 Å². The fourth-order valence-corrected chi connectivity index (χ4v) is 7.02. The van der Waals surface area contributed by atoms with E-state index in [9.17, 15) is 14.4 Å². The number of carbonyl (C=O) groups excluding carboxylic acids is 3. The van der Waals surface area contributed by atoms with Crippen LogP contribution >= 0.6 is 0 Å². The van der Waals surface area contributed by atoms with Crippen molar-refractivity contribution in [3.63, 3.8) is 0 Å². The third kappa shape index (κ3) is 52.8. The zero-order chi connectivity index (χ0) is 49.3. The van der Waals surface area contributed by atoms with Crippen molar-refractivity contribution < 1.29 is 28.6 Å². The summed E-state index contributed by atoms with van der Waals surface area (Å²) in [5, 5.41) is 0. The Hall–Kier alpha value is -4.19. The molecule has 0 aromatic heterocycles. The summed E-state index contributed by atoms with van der Waals surface area (Å²) in [6, 6.07) is 0. The van der Waals surface area contributed by atoms with Crippen molar-refractivity contribution in [2.75, 3.05) is 13.2 Å². The number of allylic oxidation sites excluding steroid dienone is 20. The summed E-state index contributed by atoms with van der Waals surface area (Å²) in [5.41, 5.74) is 0. The lowest BCUT2D eigenvalue weighted by Crippen LogP contribution is -2.30. The largest absolute Gasteiger partial charge is 0.462 e. The molecule has 0 aromatic rings. The molecule has 6 nitrogen and oxygen atoms in total. The normalized spacial score (nSPS) is 13.0. The van der Waals surface area contributed by atoms with E-state index < -0.39 is 6.10 Å². The molecule has 0 amide bonds. The van der Waals surface area contributed by atoms with E-state index in [0.717, 1.165) is 148 Å². The molecule has 0 rings (SSSR count). The molecule has 0 bridgehead atoms. The van der Waals surface area contributed by atoms with Crippen LogP contribution in [0.3, 0.4) is 0 Å². The molecule has 1 atom stereocenters. The molecular formula is C62H100O6. The molecule has 6 heteroatoms. The van der Waals surface area contributed by atoms with E-state index in [2.05, 4.69) is 142 Å². The van der Waals surface area contributed by atoms with E-state index in [-0.39, 0.29) is 37.5 Å². The average Bonchev–Trinajstić information content (AvgIpc) is 3.34. The Balaban J connectivity index is 4.53. The van der Waals surface area contributed by atoms with Crippen molar-refractivity contribution in [2.24, 2.45) is 0 Å². The molecule has 0 saturated carbocycles. The van der Waals surface area contributed by atoms with Crippen molar-refractivity contribution in [1.82, 2.24) is 0 Å². The first-order valence-electron chi connectivity index (χ1n) is 27.5. The highest BCUT2D eigenvalue weighted by Gasteiger charge is 2.19. The molecule has 0 aliphatic carbocycles. The fraction of sp³-hybridized carbons (Fsp3) is 0.629. The third-order valence-electron chi connectivity index (χ3n) is 11.2. The van der Waals surface area contributed by atoms with Gasteiger partial charge in [-0.05, 0) is 128 Å². The van der Waals surface area contributed by atoms with Crippen molar-refractivity contribution in [1.29, 1.82) is 0 Å². The lowest BCUT2D eigenvalue weighted by molar-refractivity contribution is -0.167. The second kappa shape index (κ2) is 55.4. The van der Waals surface area contributed by atoms with E-state index in [4.69, 9.17) is 14.2 Å². The van der Waals surface area contributed by atoms with Gasteiger partial charge in [0, 0.05) is 19.3 Å². The van der Waals surface area contributed by atoms with Gasteiger partial charge in [-0.15, -0.1) is 0 Å². The number of hydrogen-bond donors (Lipinski definition) is 0. The summed E-state index contributed by atoms with van der Waals surface area (Å²) in [7, 11) is 0. The van der Waals surface area contributed by atoms with E-state index >= 15 is 0 Å². The van der Waals surface area contributed by atoms with E-state index in [1.807, 2.05) is 0 Å². The van der Waals surface area contributed by atoms with Crippen LogP contribution in [0.25, 0.3) is 0 Å². The van der Waals surface area contributed by atoms with Gasteiger partial charge < -0.3 is 14.2 Å². The maximum absolute atomic E-state index is 12.8. The van der Waals surface area contributed by atoms with E-state index in [1.165, 1.54) is 44.9 Å². The lowest BCUT2D eigenvalue weighted by Gasteiger charge is -2.18. The average molecular weight is 941 g/mol. The summed E-state index contributed by atoms with van der Waals surface area (Å²) in [4.78, 5) is 38.1. The molecule has 0 radical (unpaired) electrons. The Morgan fingerprint density at radius 2 is 0.588 bits per heavy atom. The minimum Gasteiger partial charge on any atom is -0.462 e. The quantitative estimate of drug-likeness (QED) is 0.0262. The summed E-state index contributed by atoms with van der Waals surface area (Å²) in [5.74, 6) is -0.981. The van der Waals surface area contributed by atoms with Crippen molar-refractivity contribution >= 4 is 17.9 Å². The monoisotopic (exact) mass is 941 g/mol. The molecule has 0 saturated heterocycles. The number of carbonyl (C=O) groups is 3.